The van der Waals surface area contributed by atoms with E-state index in [1.54, 1.807) is 11.3 Å². The van der Waals surface area contributed by atoms with Crippen LogP contribution in [-0.4, -0.2) is 77.6 Å². The van der Waals surface area contributed by atoms with Gasteiger partial charge in [0.1, 0.15) is 18.4 Å². The van der Waals surface area contributed by atoms with Crippen LogP contribution in [0.2, 0.25) is 0 Å². The van der Waals surface area contributed by atoms with Crippen molar-refractivity contribution in [1.82, 2.24) is 20.1 Å². The predicted molar refractivity (Wildman–Crippen MR) is 138 cm³/mol. The Morgan fingerprint density at radius 3 is 2.69 bits per heavy atom. The summed E-state index contributed by atoms with van der Waals surface area (Å²) >= 11 is 1.58. The van der Waals surface area contributed by atoms with Crippen molar-refractivity contribution in [1.29, 1.82) is 0 Å². The summed E-state index contributed by atoms with van der Waals surface area (Å²) in [4.78, 5) is 35.1. The van der Waals surface area contributed by atoms with Crippen molar-refractivity contribution in [3.8, 4) is 16.2 Å². The van der Waals surface area contributed by atoms with Crippen LogP contribution in [0, 0.1) is 18.8 Å². The molecule has 3 unspecified atom stereocenters. The Hall–Kier alpha value is -2.49. The summed E-state index contributed by atoms with van der Waals surface area (Å²) in [6, 6.07) is 5.31. The number of ether oxygens (including phenoxy) is 1. The van der Waals surface area contributed by atoms with Crippen LogP contribution in [0.3, 0.4) is 0 Å². The van der Waals surface area contributed by atoms with Crippen molar-refractivity contribution in [2.45, 2.75) is 52.8 Å². The molecule has 2 heterocycles. The summed E-state index contributed by atoms with van der Waals surface area (Å²) in [7, 11) is 3.98. The molecule has 8 nitrogen and oxygen atoms in total. The maximum absolute atomic E-state index is 13.1. The van der Waals surface area contributed by atoms with Crippen LogP contribution in [0.4, 0.5) is 0 Å². The van der Waals surface area contributed by atoms with Gasteiger partial charge in [-0.15, -0.1) is 11.3 Å². The standard InChI is InChI=1S/C26H38N4O4S/c1-16(2)17(3)26(33)30-14-21(31)12-22(30)25(32)27-13-20-8-7-19(24-18(4)28-15-35-24)11-23(20)34-10-9-29(5)6/h7-8,11,15-17,21-22,31H,9-10,12-14H2,1-6H3,(H,27,32). The average Bonchev–Trinajstić information content (AvgIpc) is 3.42. The fraction of sp³-hybridized carbons (Fsp3) is 0.577. The third kappa shape index (κ3) is 6.80. The van der Waals surface area contributed by atoms with Crippen LogP contribution < -0.4 is 10.1 Å². The zero-order valence-electron chi connectivity index (χ0n) is 21.6. The molecule has 3 atom stereocenters. The molecule has 9 heteroatoms. The molecule has 1 aromatic heterocycles. The minimum absolute atomic E-state index is 0.0892. The molecule has 0 aliphatic carbocycles. The average molecular weight is 503 g/mol. The number of nitrogens with zero attached hydrogens (tertiary/aromatic N) is 3. The van der Waals surface area contributed by atoms with E-state index in [4.69, 9.17) is 4.74 Å². The second-order valence-electron chi connectivity index (χ2n) is 9.89. The maximum Gasteiger partial charge on any atom is 0.243 e. The molecule has 35 heavy (non-hydrogen) atoms. The number of aromatic nitrogens is 1. The summed E-state index contributed by atoms with van der Waals surface area (Å²) in [6.45, 7) is 9.57. The normalized spacial score (nSPS) is 18.8. The van der Waals surface area contributed by atoms with Crippen molar-refractivity contribution in [2.24, 2.45) is 11.8 Å². The molecule has 2 amide bonds. The number of β-amino-alcohol motifs (C(OH)–C–C–N with tert-alkyl or cyclic N) is 1. The molecule has 1 aliphatic heterocycles. The van der Waals surface area contributed by atoms with Crippen molar-refractivity contribution >= 4 is 23.2 Å². The lowest BCUT2D eigenvalue weighted by Gasteiger charge is -2.28. The Kier molecular flexibility index (Phi) is 9.27. The molecule has 3 rings (SSSR count). The van der Waals surface area contributed by atoms with Gasteiger partial charge in [-0.1, -0.05) is 32.9 Å². The molecule has 192 valence electrons. The SMILES string of the molecule is Cc1ncsc1-c1ccc(CNC(=O)C2CC(O)CN2C(=O)C(C)C(C)C)c(OCCN(C)C)c1. The highest BCUT2D eigenvalue weighted by Crippen LogP contribution is 2.32. The first-order valence-corrected chi connectivity index (χ1v) is 13.0. The Morgan fingerprint density at radius 1 is 1.31 bits per heavy atom. The third-order valence-corrected chi connectivity index (χ3v) is 7.56. The number of nitrogens with one attached hydrogen (secondary N) is 1. The highest BCUT2D eigenvalue weighted by molar-refractivity contribution is 7.13. The number of thiazole rings is 1. The lowest BCUT2D eigenvalue weighted by Crippen LogP contribution is -2.48. The van der Waals surface area contributed by atoms with E-state index in [0.717, 1.165) is 28.2 Å². The lowest BCUT2D eigenvalue weighted by molar-refractivity contribution is -0.142. The first-order chi connectivity index (χ1) is 16.6. The number of hydrogen-bond acceptors (Lipinski definition) is 7. The van der Waals surface area contributed by atoms with Crippen LogP contribution in [0.1, 0.15) is 38.4 Å². The summed E-state index contributed by atoms with van der Waals surface area (Å²) < 4.78 is 6.11. The van der Waals surface area contributed by atoms with Gasteiger partial charge in [0.25, 0.3) is 0 Å². The van der Waals surface area contributed by atoms with E-state index in [0.29, 0.717) is 12.4 Å². The van der Waals surface area contributed by atoms with Crippen LogP contribution in [-0.2, 0) is 16.1 Å². The summed E-state index contributed by atoms with van der Waals surface area (Å²) in [5.74, 6) is 0.313. The first-order valence-electron chi connectivity index (χ1n) is 12.2. The fourth-order valence-electron chi connectivity index (χ4n) is 4.05. The smallest absolute Gasteiger partial charge is 0.243 e. The lowest BCUT2D eigenvalue weighted by atomic mass is 9.96. The van der Waals surface area contributed by atoms with Crippen LogP contribution in [0.5, 0.6) is 5.75 Å². The highest BCUT2D eigenvalue weighted by atomic mass is 32.1. The Balaban J connectivity index is 1.75. The van der Waals surface area contributed by atoms with E-state index in [9.17, 15) is 14.7 Å². The topological polar surface area (TPSA) is 95.0 Å². The number of carbonyl (C=O) groups excluding carboxylic acids is 2. The Bertz CT molecular complexity index is 1020. The number of benzene rings is 1. The number of likely N-dealkylation sites (N-methyl/N-ethyl adjacent to an activating group) is 1. The number of likely N-dealkylation sites (tertiary alicyclic amines) is 1. The van der Waals surface area contributed by atoms with Gasteiger partial charge < -0.3 is 25.0 Å². The van der Waals surface area contributed by atoms with Gasteiger partial charge in [0.15, 0.2) is 0 Å². The van der Waals surface area contributed by atoms with Crippen molar-refractivity contribution in [2.75, 3.05) is 33.8 Å². The zero-order valence-corrected chi connectivity index (χ0v) is 22.4. The molecule has 1 aliphatic rings. The number of aliphatic hydroxyl groups is 1. The summed E-state index contributed by atoms with van der Waals surface area (Å²) in [5.41, 5.74) is 4.68. The molecule has 0 saturated carbocycles. The molecule has 2 N–H and O–H groups in total. The van der Waals surface area contributed by atoms with Gasteiger partial charge in [-0.25, -0.2) is 4.98 Å². The third-order valence-electron chi connectivity index (χ3n) is 6.58. The first kappa shape index (κ1) is 27.1. The van der Waals surface area contributed by atoms with Gasteiger partial charge in [0.05, 0.1) is 22.2 Å². The molecule has 1 aromatic carbocycles. The molecule has 0 radical (unpaired) electrons. The largest absolute Gasteiger partial charge is 0.492 e. The van der Waals surface area contributed by atoms with E-state index in [2.05, 4.69) is 10.3 Å². The van der Waals surface area contributed by atoms with Crippen LogP contribution >= 0.6 is 11.3 Å². The quantitative estimate of drug-likeness (QED) is 0.519. The van der Waals surface area contributed by atoms with Gasteiger partial charge in [-0.2, -0.15) is 0 Å². The van der Waals surface area contributed by atoms with Crippen molar-refractivity contribution in [3.05, 3.63) is 35.0 Å². The number of aliphatic hydroxyl groups excluding tert-OH is 1. The number of rotatable bonds is 10. The van der Waals surface area contributed by atoms with Gasteiger partial charge >= 0.3 is 0 Å². The van der Waals surface area contributed by atoms with Gasteiger partial charge in [0, 0.05) is 37.5 Å². The summed E-state index contributed by atoms with van der Waals surface area (Å²) in [5, 5.41) is 13.2. The van der Waals surface area contributed by atoms with E-state index >= 15 is 0 Å². The Labute approximate surface area is 212 Å². The number of amides is 2. The van der Waals surface area contributed by atoms with Gasteiger partial charge in [-0.05, 0) is 38.6 Å². The number of hydrogen-bond donors (Lipinski definition) is 2. The Morgan fingerprint density at radius 2 is 2.06 bits per heavy atom. The van der Waals surface area contributed by atoms with Crippen molar-refractivity contribution in [3.63, 3.8) is 0 Å². The van der Waals surface area contributed by atoms with E-state index in [1.165, 1.54) is 4.90 Å². The summed E-state index contributed by atoms with van der Waals surface area (Å²) in [6.07, 6.45) is -0.445. The fourth-order valence-corrected chi connectivity index (χ4v) is 4.85. The maximum atomic E-state index is 13.1. The minimum atomic E-state index is -0.694. The van der Waals surface area contributed by atoms with Gasteiger partial charge in [-0.3, -0.25) is 9.59 Å². The molecular weight excluding hydrogens is 464 g/mol. The predicted octanol–water partition coefficient (Wildman–Crippen LogP) is 2.93. The molecule has 1 saturated heterocycles. The molecule has 1 fully saturated rings. The van der Waals surface area contributed by atoms with E-state index in [-0.39, 0.29) is 43.2 Å². The van der Waals surface area contributed by atoms with E-state index < -0.39 is 12.1 Å². The highest BCUT2D eigenvalue weighted by Gasteiger charge is 2.40. The zero-order chi connectivity index (χ0) is 25.7. The number of carbonyl (C=O) groups is 2. The molecule has 2 aromatic rings. The second-order valence-corrected chi connectivity index (χ2v) is 10.7. The molecular formula is C26H38N4O4S. The van der Waals surface area contributed by atoms with E-state index in [1.807, 2.05) is 70.4 Å². The molecule has 0 spiro atoms. The van der Waals surface area contributed by atoms with Crippen molar-refractivity contribution < 1.29 is 19.4 Å². The molecule has 0 bridgehead atoms. The minimum Gasteiger partial charge on any atom is -0.492 e. The van der Waals surface area contributed by atoms with Crippen LogP contribution in [0.25, 0.3) is 10.4 Å². The van der Waals surface area contributed by atoms with Gasteiger partial charge in [0.2, 0.25) is 11.8 Å². The second kappa shape index (κ2) is 12.0. The van der Waals surface area contributed by atoms with Crippen LogP contribution in [0.15, 0.2) is 23.7 Å². The monoisotopic (exact) mass is 502 g/mol. The number of aryl methyl sites for hydroxylation is 1.